The molecule has 2 fully saturated rings. The third-order valence-corrected chi connectivity index (χ3v) is 4.70. The molecule has 0 radical (unpaired) electrons. The van der Waals surface area contributed by atoms with Crippen LogP contribution in [0.3, 0.4) is 0 Å². The van der Waals surface area contributed by atoms with Crippen LogP contribution in [0.5, 0.6) is 0 Å². The second kappa shape index (κ2) is 6.40. The monoisotopic (exact) mass is 273 g/mol. The number of hydrogen-bond donors (Lipinski definition) is 1. The maximum Gasteiger partial charge on any atom is 0.323 e. The Kier molecular flexibility index (Phi) is 4.36. The Morgan fingerprint density at radius 3 is 2.95 bits per heavy atom. The molecule has 1 aromatic rings. The van der Waals surface area contributed by atoms with E-state index < -0.39 is 0 Å². The number of carbonyl (C=O) groups is 1. The van der Waals surface area contributed by atoms with Gasteiger partial charge in [0, 0.05) is 0 Å². The van der Waals surface area contributed by atoms with Crippen molar-refractivity contribution in [2.45, 2.75) is 38.1 Å². The zero-order valence-corrected chi connectivity index (χ0v) is 11.9. The zero-order valence-electron chi connectivity index (χ0n) is 11.9. The first-order valence-corrected chi connectivity index (χ1v) is 7.78. The minimum absolute atomic E-state index is 0.0348. The van der Waals surface area contributed by atoms with Crippen molar-refractivity contribution in [3.63, 3.8) is 0 Å². The van der Waals surface area contributed by atoms with E-state index in [2.05, 4.69) is 17.4 Å². The maximum atomic E-state index is 12.1. The van der Waals surface area contributed by atoms with Crippen LogP contribution in [0.15, 0.2) is 30.3 Å². The Morgan fingerprint density at radius 1 is 1.25 bits per heavy atom. The lowest BCUT2D eigenvalue weighted by Gasteiger charge is -2.16. The van der Waals surface area contributed by atoms with Crippen molar-refractivity contribution < 1.29 is 9.53 Å². The van der Waals surface area contributed by atoms with Crippen LogP contribution in [0.1, 0.15) is 31.2 Å². The highest BCUT2D eigenvalue weighted by molar-refractivity contribution is 5.76. The standard InChI is InChI=1S/C17H23NO2/c19-17(16-15-10-4-9-14(15)12-18-16)20-11-5-8-13-6-2-1-3-7-13/h1-3,6-7,14-16,18H,4-5,8-12H2. The summed E-state index contributed by atoms with van der Waals surface area (Å²) in [7, 11) is 0. The first kappa shape index (κ1) is 13.6. The fourth-order valence-electron chi connectivity index (χ4n) is 3.63. The molecule has 2 aliphatic rings. The number of aryl methyl sites for hydroxylation is 1. The second-order valence-electron chi connectivity index (χ2n) is 6.00. The fourth-order valence-corrected chi connectivity index (χ4v) is 3.63. The number of benzene rings is 1. The van der Waals surface area contributed by atoms with E-state index >= 15 is 0 Å². The van der Waals surface area contributed by atoms with E-state index in [0.29, 0.717) is 18.4 Å². The van der Waals surface area contributed by atoms with Gasteiger partial charge in [0.15, 0.2) is 0 Å². The molecule has 1 saturated carbocycles. The summed E-state index contributed by atoms with van der Waals surface area (Å²) in [6.45, 7) is 1.53. The van der Waals surface area contributed by atoms with Crippen LogP contribution >= 0.6 is 0 Å². The number of fused-ring (bicyclic) bond motifs is 1. The van der Waals surface area contributed by atoms with Crippen molar-refractivity contribution >= 4 is 5.97 Å². The number of carbonyl (C=O) groups excluding carboxylic acids is 1. The first-order valence-electron chi connectivity index (χ1n) is 7.78. The number of esters is 1. The number of ether oxygens (including phenoxy) is 1. The highest BCUT2D eigenvalue weighted by Gasteiger charge is 2.43. The normalized spacial score (nSPS) is 28.3. The fraction of sp³-hybridized carbons (Fsp3) is 0.588. The van der Waals surface area contributed by atoms with Crippen LogP contribution < -0.4 is 5.32 Å². The Bertz CT molecular complexity index is 446. The van der Waals surface area contributed by atoms with Gasteiger partial charge in [0.05, 0.1) is 6.61 Å². The quantitative estimate of drug-likeness (QED) is 0.662. The minimum atomic E-state index is -0.0424. The van der Waals surface area contributed by atoms with Gasteiger partial charge in [-0.3, -0.25) is 4.79 Å². The maximum absolute atomic E-state index is 12.1. The predicted molar refractivity (Wildman–Crippen MR) is 78.3 cm³/mol. The highest BCUT2D eigenvalue weighted by Crippen LogP contribution is 2.37. The molecular formula is C17H23NO2. The molecule has 3 unspecified atom stereocenters. The molecule has 0 bridgehead atoms. The number of nitrogens with one attached hydrogen (secondary N) is 1. The van der Waals surface area contributed by atoms with Gasteiger partial charge in [-0.05, 0) is 49.6 Å². The molecule has 108 valence electrons. The van der Waals surface area contributed by atoms with E-state index in [1.807, 2.05) is 18.2 Å². The summed E-state index contributed by atoms with van der Waals surface area (Å²) in [4.78, 5) is 12.1. The largest absolute Gasteiger partial charge is 0.465 e. The van der Waals surface area contributed by atoms with Gasteiger partial charge in [-0.1, -0.05) is 36.8 Å². The zero-order chi connectivity index (χ0) is 13.8. The van der Waals surface area contributed by atoms with E-state index in [9.17, 15) is 4.79 Å². The predicted octanol–water partition coefficient (Wildman–Crippen LogP) is 2.55. The SMILES string of the molecule is O=C(OCCCc1ccccc1)C1NCC2CCCC21. The smallest absolute Gasteiger partial charge is 0.323 e. The number of hydrogen-bond acceptors (Lipinski definition) is 3. The minimum Gasteiger partial charge on any atom is -0.465 e. The highest BCUT2D eigenvalue weighted by atomic mass is 16.5. The molecule has 0 spiro atoms. The van der Waals surface area contributed by atoms with E-state index in [4.69, 9.17) is 4.74 Å². The molecule has 1 heterocycles. The third kappa shape index (κ3) is 3.04. The van der Waals surface area contributed by atoms with E-state index in [0.717, 1.165) is 19.4 Å². The Labute approximate surface area is 120 Å². The van der Waals surface area contributed by atoms with Crippen LogP contribution in [0, 0.1) is 11.8 Å². The van der Waals surface area contributed by atoms with Gasteiger partial charge in [0.25, 0.3) is 0 Å². The molecule has 3 atom stereocenters. The third-order valence-electron chi connectivity index (χ3n) is 4.70. The second-order valence-corrected chi connectivity index (χ2v) is 6.00. The summed E-state index contributed by atoms with van der Waals surface area (Å²) in [5.74, 6) is 1.20. The summed E-state index contributed by atoms with van der Waals surface area (Å²) >= 11 is 0. The molecule has 0 amide bonds. The molecule has 20 heavy (non-hydrogen) atoms. The van der Waals surface area contributed by atoms with E-state index in [1.54, 1.807) is 0 Å². The molecule has 1 saturated heterocycles. The Balaban J connectivity index is 1.39. The van der Waals surface area contributed by atoms with Gasteiger partial charge < -0.3 is 10.1 Å². The summed E-state index contributed by atoms with van der Waals surface area (Å²) in [6.07, 6.45) is 5.60. The van der Waals surface area contributed by atoms with Gasteiger partial charge in [-0.25, -0.2) is 0 Å². The lowest BCUT2D eigenvalue weighted by molar-refractivity contribution is -0.147. The molecule has 3 rings (SSSR count). The van der Waals surface area contributed by atoms with E-state index in [1.165, 1.54) is 24.8 Å². The molecule has 0 aromatic heterocycles. The molecule has 1 aliphatic heterocycles. The van der Waals surface area contributed by atoms with Gasteiger partial charge in [0.1, 0.15) is 6.04 Å². The van der Waals surface area contributed by atoms with Gasteiger partial charge in [-0.15, -0.1) is 0 Å². The topological polar surface area (TPSA) is 38.3 Å². The molecule has 3 heteroatoms. The number of rotatable bonds is 5. The molecule has 1 N–H and O–H groups in total. The average Bonchev–Trinajstić information content (AvgIpc) is 3.07. The average molecular weight is 273 g/mol. The lowest BCUT2D eigenvalue weighted by atomic mass is 9.94. The van der Waals surface area contributed by atoms with Gasteiger partial charge in [0.2, 0.25) is 0 Å². The van der Waals surface area contributed by atoms with Crippen molar-refractivity contribution in [3.05, 3.63) is 35.9 Å². The summed E-state index contributed by atoms with van der Waals surface area (Å²) in [6, 6.07) is 10.3. The molecule has 1 aromatic carbocycles. The Hall–Kier alpha value is -1.35. The van der Waals surface area contributed by atoms with Gasteiger partial charge in [-0.2, -0.15) is 0 Å². The summed E-state index contributed by atoms with van der Waals surface area (Å²) in [5, 5.41) is 3.34. The summed E-state index contributed by atoms with van der Waals surface area (Å²) < 4.78 is 5.45. The van der Waals surface area contributed by atoms with Crippen molar-refractivity contribution in [2.24, 2.45) is 11.8 Å². The van der Waals surface area contributed by atoms with Crippen molar-refractivity contribution in [3.8, 4) is 0 Å². The van der Waals surface area contributed by atoms with Crippen LogP contribution in [0.4, 0.5) is 0 Å². The van der Waals surface area contributed by atoms with Gasteiger partial charge >= 0.3 is 5.97 Å². The van der Waals surface area contributed by atoms with Crippen molar-refractivity contribution in [1.29, 1.82) is 0 Å². The molecule has 1 aliphatic carbocycles. The summed E-state index contributed by atoms with van der Waals surface area (Å²) in [5.41, 5.74) is 1.30. The van der Waals surface area contributed by atoms with Crippen LogP contribution in [0.25, 0.3) is 0 Å². The Morgan fingerprint density at radius 2 is 2.10 bits per heavy atom. The van der Waals surface area contributed by atoms with Crippen LogP contribution in [0.2, 0.25) is 0 Å². The molecule has 3 nitrogen and oxygen atoms in total. The lowest BCUT2D eigenvalue weighted by Crippen LogP contribution is -2.37. The molecular weight excluding hydrogens is 250 g/mol. The van der Waals surface area contributed by atoms with Crippen LogP contribution in [-0.4, -0.2) is 25.2 Å². The van der Waals surface area contributed by atoms with E-state index in [-0.39, 0.29) is 12.0 Å². The van der Waals surface area contributed by atoms with Crippen LogP contribution in [-0.2, 0) is 16.0 Å². The van der Waals surface area contributed by atoms with Crippen molar-refractivity contribution in [2.75, 3.05) is 13.2 Å². The van der Waals surface area contributed by atoms with Crippen molar-refractivity contribution in [1.82, 2.24) is 5.32 Å². The first-order chi connectivity index (χ1) is 9.84.